The normalized spacial score (nSPS) is 29.3. The first-order valence-corrected chi connectivity index (χ1v) is 15.5. The summed E-state index contributed by atoms with van der Waals surface area (Å²) in [6, 6.07) is 7.95. The predicted octanol–water partition coefficient (Wildman–Crippen LogP) is 3.58. The van der Waals surface area contributed by atoms with Crippen LogP contribution in [0.15, 0.2) is 55.6 Å². The van der Waals surface area contributed by atoms with Gasteiger partial charge in [-0.2, -0.15) is 0 Å². The number of likely N-dealkylation sites (tertiary alicyclic amines) is 1. The lowest BCUT2D eigenvalue weighted by Crippen LogP contribution is -2.62. The average molecular weight is 631 g/mol. The molecular formula is C32H44BrN3O5. The second kappa shape index (κ2) is 12.4. The van der Waals surface area contributed by atoms with Gasteiger partial charge in [-0.15, -0.1) is 13.2 Å². The van der Waals surface area contributed by atoms with Crippen LogP contribution in [0.3, 0.4) is 0 Å². The summed E-state index contributed by atoms with van der Waals surface area (Å²) >= 11 is 3.76. The van der Waals surface area contributed by atoms with Crippen molar-refractivity contribution in [1.29, 1.82) is 0 Å². The van der Waals surface area contributed by atoms with Crippen molar-refractivity contribution in [3.05, 3.63) is 61.2 Å². The van der Waals surface area contributed by atoms with E-state index in [2.05, 4.69) is 29.1 Å². The lowest BCUT2D eigenvalue weighted by molar-refractivity contribution is -0.154. The van der Waals surface area contributed by atoms with Gasteiger partial charge >= 0.3 is 0 Å². The van der Waals surface area contributed by atoms with Crippen LogP contribution in [0.25, 0.3) is 0 Å². The summed E-state index contributed by atoms with van der Waals surface area (Å²) in [6.07, 6.45) is 4.37. The van der Waals surface area contributed by atoms with Crippen molar-refractivity contribution in [2.24, 2.45) is 11.8 Å². The van der Waals surface area contributed by atoms with Gasteiger partial charge in [-0.1, -0.05) is 65.3 Å². The molecule has 3 saturated heterocycles. The molecule has 1 N–H and O–H groups in total. The number of ether oxygens (including phenoxy) is 1. The summed E-state index contributed by atoms with van der Waals surface area (Å²) in [5.74, 6) is -2.30. The molecule has 3 aliphatic heterocycles. The molecule has 3 aliphatic rings. The van der Waals surface area contributed by atoms with E-state index in [9.17, 15) is 19.5 Å². The van der Waals surface area contributed by atoms with Crippen LogP contribution < -0.4 is 0 Å². The van der Waals surface area contributed by atoms with E-state index >= 15 is 0 Å². The van der Waals surface area contributed by atoms with Gasteiger partial charge < -0.3 is 24.5 Å². The second-order valence-corrected chi connectivity index (χ2v) is 13.6. The fraction of sp³-hybridized carbons (Fsp3) is 0.594. The predicted molar refractivity (Wildman–Crippen MR) is 162 cm³/mol. The van der Waals surface area contributed by atoms with Gasteiger partial charge in [0, 0.05) is 30.0 Å². The third-order valence-corrected chi connectivity index (χ3v) is 9.55. The monoisotopic (exact) mass is 629 g/mol. The van der Waals surface area contributed by atoms with Crippen molar-refractivity contribution in [2.75, 3.05) is 26.2 Å². The number of halogens is 1. The Hall–Kier alpha value is -2.49. The average Bonchev–Trinajstić information content (AvgIpc) is 3.52. The van der Waals surface area contributed by atoms with Crippen LogP contribution in [0.2, 0.25) is 0 Å². The molecule has 1 aromatic rings. The molecule has 3 amide bonds. The number of nitrogens with zero attached hydrogens (tertiary/aromatic N) is 3. The van der Waals surface area contributed by atoms with E-state index in [1.165, 1.54) is 0 Å². The van der Waals surface area contributed by atoms with E-state index in [0.717, 1.165) is 12.0 Å². The highest BCUT2D eigenvalue weighted by Gasteiger charge is 2.77. The van der Waals surface area contributed by atoms with Crippen LogP contribution in [-0.4, -0.2) is 97.9 Å². The van der Waals surface area contributed by atoms with Crippen molar-refractivity contribution in [3.8, 4) is 0 Å². The zero-order valence-corrected chi connectivity index (χ0v) is 26.3. The number of aliphatic hydroxyl groups is 1. The van der Waals surface area contributed by atoms with Gasteiger partial charge in [0.25, 0.3) is 0 Å². The van der Waals surface area contributed by atoms with Crippen LogP contribution in [-0.2, 0) is 25.5 Å². The smallest absolute Gasteiger partial charge is 0.249 e. The Labute approximate surface area is 252 Å². The number of carbonyl (C=O) groups excluding carboxylic acids is 3. The molecule has 2 bridgehead atoms. The first-order chi connectivity index (χ1) is 19.5. The van der Waals surface area contributed by atoms with Crippen molar-refractivity contribution >= 4 is 33.7 Å². The molecule has 3 fully saturated rings. The third kappa shape index (κ3) is 5.53. The summed E-state index contributed by atoms with van der Waals surface area (Å²) in [4.78, 5) is 48.2. The molecule has 0 aromatic heterocycles. The topological polar surface area (TPSA) is 90.4 Å². The SMILES string of the molecule is C=CCN(CCC)C(=O)[C@H]1[C@H]2C(=O)N([C@@H](CO)Cc3ccccc3)C(C(=O)N(CC=C)C(C)(C)C)C23CC(Br)[C@@H]1O3. The number of benzene rings is 1. The fourth-order valence-electron chi connectivity index (χ4n) is 7.06. The zero-order valence-electron chi connectivity index (χ0n) is 24.7. The molecule has 0 radical (unpaired) electrons. The molecule has 41 heavy (non-hydrogen) atoms. The van der Waals surface area contributed by atoms with Crippen LogP contribution in [0, 0.1) is 11.8 Å². The number of rotatable bonds is 12. The molecule has 8 nitrogen and oxygen atoms in total. The molecular weight excluding hydrogens is 586 g/mol. The molecule has 0 saturated carbocycles. The minimum absolute atomic E-state index is 0.156. The minimum Gasteiger partial charge on any atom is -0.394 e. The first kappa shape index (κ1) is 31.4. The number of aliphatic hydroxyl groups excluding tert-OH is 1. The van der Waals surface area contributed by atoms with Gasteiger partial charge in [-0.25, -0.2) is 0 Å². The van der Waals surface area contributed by atoms with E-state index in [4.69, 9.17) is 4.74 Å². The van der Waals surface area contributed by atoms with Gasteiger partial charge in [0.1, 0.15) is 11.6 Å². The molecule has 1 spiro atoms. The maximum absolute atomic E-state index is 14.7. The Bertz CT molecular complexity index is 1150. The van der Waals surface area contributed by atoms with E-state index in [1.54, 1.807) is 26.9 Å². The largest absolute Gasteiger partial charge is 0.394 e. The zero-order chi connectivity index (χ0) is 30.1. The Morgan fingerprint density at radius 2 is 1.85 bits per heavy atom. The molecule has 224 valence electrons. The highest BCUT2D eigenvalue weighted by molar-refractivity contribution is 9.09. The molecule has 4 rings (SSSR count). The summed E-state index contributed by atoms with van der Waals surface area (Å²) in [6.45, 7) is 16.4. The Morgan fingerprint density at radius 1 is 1.20 bits per heavy atom. The van der Waals surface area contributed by atoms with E-state index in [-0.39, 0.29) is 35.7 Å². The van der Waals surface area contributed by atoms with Crippen LogP contribution in [0.4, 0.5) is 0 Å². The lowest BCUT2D eigenvalue weighted by Gasteiger charge is -2.43. The van der Waals surface area contributed by atoms with E-state index < -0.39 is 41.2 Å². The number of hydrogen-bond donors (Lipinski definition) is 1. The van der Waals surface area contributed by atoms with Crippen molar-refractivity contribution in [2.45, 2.75) is 81.1 Å². The Kier molecular flexibility index (Phi) is 9.51. The standard InChI is InChI=1S/C32H44BrN3O5/c1-7-15-34(16-8-2)28(38)24-25-29(39)36(22(20-37)18-21-13-11-10-12-14-21)27(32(25)19-23(33)26(24)41-32)30(40)35(17-9-3)31(4,5)6/h7,9-14,22-27,37H,1,3,8,15-20H2,2,4-6H3/t22-,23?,24+,25+,26+,27?,32?/m1/s1. The van der Waals surface area contributed by atoms with Crippen LogP contribution in [0.1, 0.15) is 46.1 Å². The Balaban J connectivity index is 1.85. The summed E-state index contributed by atoms with van der Waals surface area (Å²) < 4.78 is 6.72. The maximum atomic E-state index is 14.7. The summed E-state index contributed by atoms with van der Waals surface area (Å²) in [5.41, 5.74) is -0.825. The number of hydrogen-bond acceptors (Lipinski definition) is 5. The Morgan fingerprint density at radius 3 is 2.41 bits per heavy atom. The molecule has 3 heterocycles. The van der Waals surface area contributed by atoms with Gasteiger partial charge in [-0.05, 0) is 45.6 Å². The molecule has 1 aromatic carbocycles. The van der Waals surface area contributed by atoms with E-state index in [1.807, 2.05) is 58.0 Å². The number of alkyl halides is 1. The minimum atomic E-state index is -1.20. The van der Waals surface area contributed by atoms with Gasteiger partial charge in [0.05, 0.1) is 30.6 Å². The quantitative estimate of drug-likeness (QED) is 0.282. The summed E-state index contributed by atoms with van der Waals surface area (Å²) in [5, 5.41) is 10.7. The molecule has 3 unspecified atom stereocenters. The molecule has 0 aliphatic carbocycles. The summed E-state index contributed by atoms with van der Waals surface area (Å²) in [7, 11) is 0. The van der Waals surface area contributed by atoms with Gasteiger partial charge in [-0.3, -0.25) is 14.4 Å². The highest BCUT2D eigenvalue weighted by atomic mass is 79.9. The van der Waals surface area contributed by atoms with Crippen LogP contribution in [0.5, 0.6) is 0 Å². The number of amides is 3. The number of fused-ring (bicyclic) bond motifs is 1. The number of carbonyl (C=O) groups is 3. The third-order valence-electron chi connectivity index (χ3n) is 8.71. The maximum Gasteiger partial charge on any atom is 0.249 e. The fourth-order valence-corrected chi connectivity index (χ4v) is 8.00. The first-order valence-electron chi connectivity index (χ1n) is 14.6. The molecule has 7 atom stereocenters. The molecule has 9 heteroatoms. The second-order valence-electron chi connectivity index (χ2n) is 12.4. The van der Waals surface area contributed by atoms with E-state index in [0.29, 0.717) is 25.9 Å². The lowest BCUT2D eigenvalue weighted by atomic mass is 9.70. The highest BCUT2D eigenvalue weighted by Crippen LogP contribution is 2.61. The van der Waals surface area contributed by atoms with Gasteiger partial charge in [0.15, 0.2) is 0 Å². The van der Waals surface area contributed by atoms with Crippen LogP contribution >= 0.6 is 15.9 Å². The van der Waals surface area contributed by atoms with Crippen molar-refractivity contribution in [1.82, 2.24) is 14.7 Å². The van der Waals surface area contributed by atoms with Crippen molar-refractivity contribution < 1.29 is 24.2 Å². The van der Waals surface area contributed by atoms with Crippen molar-refractivity contribution in [3.63, 3.8) is 0 Å². The van der Waals surface area contributed by atoms with Gasteiger partial charge in [0.2, 0.25) is 17.7 Å².